The maximum atomic E-state index is 12.9. The van der Waals surface area contributed by atoms with E-state index >= 15 is 0 Å². The molecule has 44 heavy (non-hydrogen) atoms. The van der Waals surface area contributed by atoms with Crippen LogP contribution in [-0.4, -0.2) is 53.0 Å². The third-order valence-corrected chi connectivity index (χ3v) is 8.62. The fraction of sp³-hybridized carbons (Fsp3) is 0.412. The maximum Gasteiger partial charge on any atom is 0.453 e. The van der Waals surface area contributed by atoms with E-state index in [2.05, 4.69) is 24.4 Å². The van der Waals surface area contributed by atoms with Gasteiger partial charge in [0.1, 0.15) is 29.6 Å². The van der Waals surface area contributed by atoms with Gasteiger partial charge in [0.05, 0.1) is 0 Å². The van der Waals surface area contributed by atoms with E-state index in [0.29, 0.717) is 25.3 Å². The normalized spacial score (nSPS) is 13.4. The Morgan fingerprint density at radius 2 is 1.39 bits per heavy atom. The van der Waals surface area contributed by atoms with E-state index in [0.717, 1.165) is 53.8 Å². The number of halogens is 5. The minimum absolute atomic E-state index is 0.149. The van der Waals surface area contributed by atoms with Crippen LogP contribution in [-0.2, 0) is 11.2 Å². The molecule has 3 aromatic carbocycles. The number of benzene rings is 3. The van der Waals surface area contributed by atoms with Gasteiger partial charge in [-0.3, -0.25) is 0 Å². The summed E-state index contributed by atoms with van der Waals surface area (Å²) in [4.78, 5) is 0. The Morgan fingerprint density at radius 1 is 0.773 bits per heavy atom. The van der Waals surface area contributed by atoms with E-state index in [-0.39, 0.29) is 11.5 Å². The lowest BCUT2D eigenvalue weighted by molar-refractivity contribution is -0.284. The smallest absolute Gasteiger partial charge is 0.453 e. The van der Waals surface area contributed by atoms with Crippen LogP contribution in [0.4, 0.5) is 22.0 Å². The number of nitrogens with one attached hydrogen (secondary N) is 1. The van der Waals surface area contributed by atoms with Crippen LogP contribution in [0.3, 0.4) is 0 Å². The molecule has 3 aromatic rings. The molecular formula is C34H40F5NO3S. The summed E-state index contributed by atoms with van der Waals surface area (Å²) in [5.41, 5.74) is 5.50. The van der Waals surface area contributed by atoms with Gasteiger partial charge in [-0.05, 0) is 90.8 Å². The Kier molecular flexibility index (Phi) is 14.0. The molecule has 0 amide bonds. The van der Waals surface area contributed by atoms with Crippen LogP contribution in [0.5, 0.6) is 11.5 Å². The van der Waals surface area contributed by atoms with Crippen molar-refractivity contribution in [1.82, 2.24) is 5.32 Å². The van der Waals surface area contributed by atoms with Crippen LogP contribution in [0.15, 0.2) is 78.9 Å². The molecule has 2 N–H and O–H groups in total. The van der Waals surface area contributed by atoms with E-state index in [9.17, 15) is 31.6 Å². The Labute approximate surface area is 259 Å². The highest BCUT2D eigenvalue weighted by molar-refractivity contribution is 7.91. The Morgan fingerprint density at radius 3 is 2.00 bits per heavy atom. The van der Waals surface area contributed by atoms with Gasteiger partial charge in [-0.1, -0.05) is 72.7 Å². The molecule has 0 aliphatic carbocycles. The van der Waals surface area contributed by atoms with E-state index in [1.807, 2.05) is 54.6 Å². The van der Waals surface area contributed by atoms with Gasteiger partial charge >= 0.3 is 12.1 Å². The van der Waals surface area contributed by atoms with Crippen molar-refractivity contribution in [1.29, 1.82) is 0 Å². The van der Waals surface area contributed by atoms with Crippen molar-refractivity contribution in [2.45, 2.75) is 57.5 Å². The van der Waals surface area contributed by atoms with E-state index in [4.69, 9.17) is 4.74 Å². The van der Waals surface area contributed by atoms with Crippen molar-refractivity contribution in [3.8, 4) is 11.5 Å². The van der Waals surface area contributed by atoms with Gasteiger partial charge in [0, 0.05) is 13.0 Å². The molecule has 0 radical (unpaired) electrons. The largest absolute Gasteiger partial charge is 0.616 e. The minimum Gasteiger partial charge on any atom is -0.616 e. The molecule has 0 aromatic heterocycles. The van der Waals surface area contributed by atoms with Gasteiger partial charge in [-0.2, -0.15) is 22.0 Å². The van der Waals surface area contributed by atoms with Gasteiger partial charge in [0.15, 0.2) is 0 Å². The Hall–Kier alpha value is -3.08. The van der Waals surface area contributed by atoms with Crippen LogP contribution >= 0.6 is 0 Å². The van der Waals surface area contributed by atoms with Crippen LogP contribution in [0.1, 0.15) is 62.1 Å². The number of unbranched alkanes of at least 4 members (excludes halogenated alkanes) is 2. The molecule has 0 saturated heterocycles. The standard InChI is InChI=1S/C34H40F5NO3S/c1-2-31(26-10-5-3-6-11-26)32(27-12-16-29(41)17-13-27)28-14-18-30(19-15-28)43-23-22-40-21-7-4-8-24-44(42)25-9-20-33(35,36)34(37,38)39/h3,5-6,10-19,40-41H,2,4,7-9,20-25H2,1H3. The average molecular weight is 638 g/mol. The fourth-order valence-electron chi connectivity index (χ4n) is 4.78. The summed E-state index contributed by atoms with van der Waals surface area (Å²) in [6.45, 7) is 3.96. The zero-order chi connectivity index (χ0) is 32.0. The Balaban J connectivity index is 1.40. The summed E-state index contributed by atoms with van der Waals surface area (Å²) >= 11 is -1.40. The predicted molar refractivity (Wildman–Crippen MR) is 168 cm³/mol. The molecule has 0 spiro atoms. The summed E-state index contributed by atoms with van der Waals surface area (Å²) in [5, 5.41) is 13.1. The SMILES string of the molecule is CCC(=C(c1ccc(O)cc1)c1ccc(OCCNCCCCC[S+]([O-])CCCC(F)(F)C(F)(F)F)cc1)c1ccccc1. The van der Waals surface area contributed by atoms with Crippen molar-refractivity contribution in [2.24, 2.45) is 0 Å². The predicted octanol–water partition coefficient (Wildman–Crippen LogP) is 8.63. The molecule has 3 rings (SSSR count). The zero-order valence-corrected chi connectivity index (χ0v) is 25.7. The first-order valence-electron chi connectivity index (χ1n) is 14.8. The lowest BCUT2D eigenvalue weighted by atomic mass is 9.88. The highest BCUT2D eigenvalue weighted by Gasteiger charge is 2.56. The average Bonchev–Trinajstić information content (AvgIpc) is 3.00. The molecule has 0 aliphatic heterocycles. The maximum absolute atomic E-state index is 12.9. The number of phenols is 1. The van der Waals surface area contributed by atoms with Gasteiger partial charge < -0.3 is 19.7 Å². The van der Waals surface area contributed by atoms with Crippen molar-refractivity contribution < 1.29 is 36.3 Å². The molecule has 4 nitrogen and oxygen atoms in total. The number of hydrogen-bond donors (Lipinski definition) is 2. The van der Waals surface area contributed by atoms with Gasteiger partial charge in [-0.25, -0.2) is 0 Å². The Bertz CT molecular complexity index is 1280. The second-order valence-corrected chi connectivity index (χ2v) is 12.2. The summed E-state index contributed by atoms with van der Waals surface area (Å²) in [6, 6.07) is 25.4. The topological polar surface area (TPSA) is 64.5 Å². The number of aromatic hydroxyl groups is 1. The molecule has 0 bridgehead atoms. The second-order valence-electron chi connectivity index (χ2n) is 10.5. The van der Waals surface area contributed by atoms with Crippen LogP contribution in [0, 0.1) is 0 Å². The lowest BCUT2D eigenvalue weighted by Crippen LogP contribution is -2.36. The molecular weight excluding hydrogens is 597 g/mol. The highest BCUT2D eigenvalue weighted by atomic mass is 32.2. The second kappa shape index (κ2) is 17.4. The quantitative estimate of drug-likeness (QED) is 0.0635. The molecule has 0 aliphatic rings. The molecule has 0 heterocycles. The molecule has 1 atom stereocenters. The number of allylic oxidation sites excluding steroid dienone is 1. The lowest BCUT2D eigenvalue weighted by Gasteiger charge is -2.19. The first kappa shape index (κ1) is 35.4. The fourth-order valence-corrected chi connectivity index (χ4v) is 5.98. The van der Waals surface area contributed by atoms with Crippen molar-refractivity contribution >= 4 is 22.3 Å². The first-order chi connectivity index (χ1) is 21.0. The first-order valence-corrected chi connectivity index (χ1v) is 16.3. The van der Waals surface area contributed by atoms with Crippen LogP contribution < -0.4 is 10.1 Å². The van der Waals surface area contributed by atoms with Gasteiger partial charge in [0.2, 0.25) is 0 Å². The number of ether oxygens (including phenoxy) is 1. The van der Waals surface area contributed by atoms with Gasteiger partial charge in [-0.15, -0.1) is 0 Å². The molecule has 10 heteroatoms. The third kappa shape index (κ3) is 11.1. The monoisotopic (exact) mass is 637 g/mol. The summed E-state index contributed by atoms with van der Waals surface area (Å²) in [7, 11) is 0. The minimum atomic E-state index is -5.56. The number of phenolic OH excluding ortho intramolecular Hbond substituents is 1. The van der Waals surface area contributed by atoms with E-state index in [1.54, 1.807) is 12.1 Å². The molecule has 0 saturated carbocycles. The van der Waals surface area contributed by atoms with Crippen molar-refractivity contribution in [2.75, 3.05) is 31.2 Å². The molecule has 0 fully saturated rings. The number of hydrogen-bond acceptors (Lipinski definition) is 4. The van der Waals surface area contributed by atoms with E-state index in [1.165, 1.54) is 5.57 Å². The van der Waals surface area contributed by atoms with Gasteiger partial charge in [0.25, 0.3) is 0 Å². The van der Waals surface area contributed by atoms with Crippen LogP contribution in [0.2, 0.25) is 0 Å². The van der Waals surface area contributed by atoms with Crippen molar-refractivity contribution in [3.63, 3.8) is 0 Å². The molecule has 240 valence electrons. The summed E-state index contributed by atoms with van der Waals surface area (Å²) in [5.74, 6) is -3.62. The zero-order valence-electron chi connectivity index (χ0n) is 24.8. The molecule has 1 unspecified atom stereocenters. The number of alkyl halides is 5. The van der Waals surface area contributed by atoms with Crippen molar-refractivity contribution in [3.05, 3.63) is 95.6 Å². The number of rotatable bonds is 18. The van der Waals surface area contributed by atoms with E-state index < -0.39 is 36.1 Å². The van der Waals surface area contributed by atoms with Crippen LogP contribution in [0.25, 0.3) is 11.1 Å². The third-order valence-electron chi connectivity index (χ3n) is 7.13. The summed E-state index contributed by atoms with van der Waals surface area (Å²) < 4.78 is 80.2. The summed E-state index contributed by atoms with van der Waals surface area (Å²) in [6.07, 6.45) is -4.26. The highest BCUT2D eigenvalue weighted by Crippen LogP contribution is 2.39.